The number of hydrogen-bond donors (Lipinski definition) is 1. The summed E-state index contributed by atoms with van der Waals surface area (Å²) in [6, 6.07) is 17.3. The van der Waals surface area contributed by atoms with Crippen molar-refractivity contribution in [2.45, 2.75) is 19.5 Å². The fourth-order valence-electron chi connectivity index (χ4n) is 4.95. The Morgan fingerprint density at radius 1 is 1.00 bits per heavy atom. The predicted octanol–water partition coefficient (Wildman–Crippen LogP) is 3.78. The Balaban J connectivity index is 1.18. The highest BCUT2D eigenvalue weighted by Crippen LogP contribution is 2.29. The Hall–Kier alpha value is -5.11. The van der Waals surface area contributed by atoms with E-state index in [1.807, 2.05) is 30.3 Å². The largest absolute Gasteiger partial charge is 0.435 e. The molecule has 1 aliphatic heterocycles. The molecule has 14 heteroatoms. The van der Waals surface area contributed by atoms with Gasteiger partial charge < -0.3 is 14.6 Å². The number of hydrogen-bond acceptors (Lipinski definition) is 9. The maximum absolute atomic E-state index is 13.5. The second kappa shape index (κ2) is 11.4. The fourth-order valence-corrected chi connectivity index (χ4v) is 4.95. The van der Waals surface area contributed by atoms with Crippen LogP contribution in [0.3, 0.4) is 0 Å². The third kappa shape index (κ3) is 5.56. The first-order chi connectivity index (χ1) is 20.4. The highest BCUT2D eigenvalue weighted by atomic mass is 19.3. The summed E-state index contributed by atoms with van der Waals surface area (Å²) in [7, 11) is 0. The molecule has 4 heterocycles. The minimum atomic E-state index is -2.89. The van der Waals surface area contributed by atoms with Crippen molar-refractivity contribution >= 4 is 28.6 Å². The SMILES string of the molecule is CC(=O)Nc1ccc2oc(-c3cc(C(=O)N4CCN(C(c5ccccc5)c5nnn(C(F)F)n5)CC4)ccn3)nc2c1. The van der Waals surface area contributed by atoms with E-state index in [1.54, 1.807) is 35.2 Å². The summed E-state index contributed by atoms with van der Waals surface area (Å²) in [5.74, 6) is 0.0426. The molecule has 1 aliphatic rings. The molecule has 0 spiro atoms. The molecular weight excluding hydrogens is 548 g/mol. The number of halogens is 2. The number of piperazine rings is 1. The van der Waals surface area contributed by atoms with Crippen LogP contribution in [0.5, 0.6) is 0 Å². The van der Waals surface area contributed by atoms with E-state index >= 15 is 0 Å². The number of fused-ring (bicyclic) bond motifs is 1. The molecule has 3 aromatic heterocycles. The van der Waals surface area contributed by atoms with Gasteiger partial charge in [0, 0.05) is 50.6 Å². The average molecular weight is 574 g/mol. The van der Waals surface area contributed by atoms with Crippen LogP contribution in [-0.4, -0.2) is 78.0 Å². The lowest BCUT2D eigenvalue weighted by Gasteiger charge is -2.38. The number of carbonyl (C=O) groups excluding carboxylic acids is 2. The molecule has 0 bridgehead atoms. The molecule has 42 heavy (non-hydrogen) atoms. The molecule has 2 amide bonds. The predicted molar refractivity (Wildman–Crippen MR) is 146 cm³/mol. The smallest absolute Gasteiger partial charge is 0.350 e. The Morgan fingerprint density at radius 2 is 1.79 bits per heavy atom. The normalized spacial score (nSPS) is 14.8. The van der Waals surface area contributed by atoms with Crippen molar-refractivity contribution in [2.75, 3.05) is 31.5 Å². The molecular formula is C28H25F2N9O3. The Bertz CT molecular complexity index is 1730. The van der Waals surface area contributed by atoms with Crippen molar-refractivity contribution < 1.29 is 22.8 Å². The van der Waals surface area contributed by atoms with Crippen molar-refractivity contribution in [3.8, 4) is 11.6 Å². The van der Waals surface area contributed by atoms with Gasteiger partial charge in [0.2, 0.25) is 11.8 Å². The number of amides is 2. The van der Waals surface area contributed by atoms with Gasteiger partial charge in [-0.15, -0.1) is 10.2 Å². The summed E-state index contributed by atoms with van der Waals surface area (Å²) < 4.78 is 32.2. The van der Waals surface area contributed by atoms with Gasteiger partial charge in [-0.2, -0.15) is 8.78 Å². The van der Waals surface area contributed by atoms with Crippen LogP contribution in [0.4, 0.5) is 14.5 Å². The summed E-state index contributed by atoms with van der Waals surface area (Å²) >= 11 is 0. The van der Waals surface area contributed by atoms with Gasteiger partial charge in [-0.3, -0.25) is 19.5 Å². The second-order valence-corrected chi connectivity index (χ2v) is 9.70. The number of benzene rings is 2. The van der Waals surface area contributed by atoms with Crippen LogP contribution in [0.1, 0.15) is 41.3 Å². The number of anilines is 1. The lowest BCUT2D eigenvalue weighted by Crippen LogP contribution is -2.50. The van der Waals surface area contributed by atoms with Gasteiger partial charge >= 0.3 is 6.55 Å². The number of rotatable bonds is 7. The van der Waals surface area contributed by atoms with Crippen LogP contribution in [0.15, 0.2) is 71.3 Å². The molecule has 1 N–H and O–H groups in total. The van der Waals surface area contributed by atoms with Gasteiger partial charge in [0.1, 0.15) is 11.2 Å². The number of nitrogens with zero attached hydrogens (tertiary/aromatic N) is 8. The number of alkyl halides is 2. The number of carbonyl (C=O) groups is 2. The third-order valence-corrected chi connectivity index (χ3v) is 6.88. The highest BCUT2D eigenvalue weighted by Gasteiger charge is 2.32. The third-order valence-electron chi connectivity index (χ3n) is 6.88. The van der Waals surface area contributed by atoms with E-state index in [0.717, 1.165) is 5.56 Å². The topological polar surface area (TPSA) is 135 Å². The Labute approximate surface area is 238 Å². The van der Waals surface area contributed by atoms with Gasteiger partial charge in [0.05, 0.1) is 6.04 Å². The van der Waals surface area contributed by atoms with Crippen LogP contribution in [0, 0.1) is 0 Å². The zero-order valence-electron chi connectivity index (χ0n) is 22.4. The van der Waals surface area contributed by atoms with Crippen molar-refractivity contribution in [1.82, 2.24) is 40.0 Å². The molecule has 1 fully saturated rings. The van der Waals surface area contributed by atoms with Crippen molar-refractivity contribution in [3.05, 3.63) is 83.8 Å². The number of tetrazole rings is 1. The molecule has 12 nitrogen and oxygen atoms in total. The Morgan fingerprint density at radius 3 is 2.50 bits per heavy atom. The van der Waals surface area contributed by atoms with Gasteiger partial charge in [-0.25, -0.2) is 4.98 Å². The molecule has 1 saturated heterocycles. The van der Waals surface area contributed by atoms with Crippen LogP contribution >= 0.6 is 0 Å². The average Bonchev–Trinajstić information content (AvgIpc) is 3.66. The van der Waals surface area contributed by atoms with Gasteiger partial charge in [0.25, 0.3) is 5.91 Å². The molecule has 0 radical (unpaired) electrons. The lowest BCUT2D eigenvalue weighted by molar-refractivity contribution is -0.114. The second-order valence-electron chi connectivity index (χ2n) is 9.70. The minimum Gasteiger partial charge on any atom is -0.435 e. The summed E-state index contributed by atoms with van der Waals surface area (Å²) in [5, 5.41) is 14.0. The number of oxazole rings is 1. The minimum absolute atomic E-state index is 0.169. The van der Waals surface area contributed by atoms with Gasteiger partial charge in [-0.05, 0) is 41.1 Å². The summed E-state index contributed by atoms with van der Waals surface area (Å²) in [4.78, 5) is 37.7. The molecule has 0 aliphatic carbocycles. The van der Waals surface area contributed by atoms with E-state index in [-0.39, 0.29) is 23.5 Å². The van der Waals surface area contributed by atoms with E-state index in [2.05, 4.69) is 35.6 Å². The maximum atomic E-state index is 13.5. The zero-order valence-corrected chi connectivity index (χ0v) is 22.4. The van der Waals surface area contributed by atoms with Gasteiger partial charge in [-0.1, -0.05) is 35.1 Å². The number of nitrogens with one attached hydrogen (secondary N) is 1. The summed E-state index contributed by atoms with van der Waals surface area (Å²) in [5.41, 5.74) is 3.32. The molecule has 214 valence electrons. The first-order valence-electron chi connectivity index (χ1n) is 13.2. The Kier molecular flexibility index (Phi) is 7.35. The fraction of sp³-hybridized carbons (Fsp3) is 0.250. The highest BCUT2D eigenvalue weighted by molar-refractivity contribution is 5.95. The first kappa shape index (κ1) is 27.1. The number of pyridine rings is 1. The van der Waals surface area contributed by atoms with Crippen LogP contribution in [-0.2, 0) is 4.79 Å². The van der Waals surface area contributed by atoms with Crippen molar-refractivity contribution in [2.24, 2.45) is 0 Å². The molecule has 5 aromatic rings. The van der Waals surface area contributed by atoms with E-state index < -0.39 is 12.6 Å². The van der Waals surface area contributed by atoms with Crippen LogP contribution < -0.4 is 5.32 Å². The maximum Gasteiger partial charge on any atom is 0.350 e. The van der Waals surface area contributed by atoms with Gasteiger partial charge in [0.15, 0.2) is 11.4 Å². The van der Waals surface area contributed by atoms with Crippen molar-refractivity contribution in [3.63, 3.8) is 0 Å². The molecule has 1 unspecified atom stereocenters. The summed E-state index contributed by atoms with van der Waals surface area (Å²) in [6.07, 6.45) is 1.53. The monoisotopic (exact) mass is 573 g/mol. The molecule has 6 rings (SSSR count). The van der Waals surface area contributed by atoms with Crippen molar-refractivity contribution in [1.29, 1.82) is 0 Å². The zero-order chi connectivity index (χ0) is 29.2. The van der Waals surface area contributed by atoms with Crippen LogP contribution in [0.25, 0.3) is 22.7 Å². The van der Waals surface area contributed by atoms with E-state index in [1.165, 1.54) is 13.1 Å². The molecule has 1 atom stereocenters. The molecule has 2 aromatic carbocycles. The van der Waals surface area contributed by atoms with E-state index in [0.29, 0.717) is 59.0 Å². The van der Waals surface area contributed by atoms with E-state index in [9.17, 15) is 18.4 Å². The summed E-state index contributed by atoms with van der Waals surface area (Å²) in [6.45, 7) is 0.266. The lowest BCUT2D eigenvalue weighted by atomic mass is 10.0. The number of aromatic nitrogens is 6. The van der Waals surface area contributed by atoms with E-state index in [4.69, 9.17) is 4.42 Å². The van der Waals surface area contributed by atoms with Crippen LogP contribution in [0.2, 0.25) is 0 Å². The first-order valence-corrected chi connectivity index (χ1v) is 13.2. The molecule has 0 saturated carbocycles. The standard InChI is InChI=1S/C28H25F2N9O3/c1-17(40)32-20-7-8-23-21(16-20)33-26(42-23)22-15-19(9-10-31-22)27(41)38-13-11-37(12-14-38)24(18-5-3-2-4-6-18)25-34-36-39(35-25)28(29)30/h2-10,15-16,24,28H,11-14H2,1H3,(H,32,40). The quantitative estimate of drug-likeness (QED) is 0.309.